The van der Waals surface area contributed by atoms with Gasteiger partial charge in [-0.3, -0.25) is 0 Å². The largest absolute Gasteiger partial charge is 0.450 e. The Labute approximate surface area is 93.6 Å². The van der Waals surface area contributed by atoms with Gasteiger partial charge in [-0.15, -0.1) is 0 Å². The molecule has 0 bridgehead atoms. The summed E-state index contributed by atoms with van der Waals surface area (Å²) in [6.07, 6.45) is -0.596. The normalized spacial score (nSPS) is 11.9. The number of rotatable bonds is 4. The van der Waals surface area contributed by atoms with Crippen LogP contribution in [0.25, 0.3) is 0 Å². The van der Waals surface area contributed by atoms with E-state index in [1.54, 1.807) is 25.1 Å². The summed E-state index contributed by atoms with van der Waals surface area (Å²) in [6.45, 7) is 2.07. The van der Waals surface area contributed by atoms with Gasteiger partial charge in [0.15, 0.2) is 0 Å². The third kappa shape index (κ3) is 3.20. The van der Waals surface area contributed by atoms with Crippen LogP contribution in [0.2, 0.25) is 0 Å². The van der Waals surface area contributed by atoms with E-state index >= 15 is 0 Å². The Morgan fingerprint density at radius 3 is 2.81 bits per heavy atom. The van der Waals surface area contributed by atoms with Gasteiger partial charge in [0.2, 0.25) is 0 Å². The summed E-state index contributed by atoms with van der Waals surface area (Å²) in [5, 5.41) is 2.50. The maximum Gasteiger partial charge on any atom is 0.407 e. The van der Waals surface area contributed by atoms with Crippen molar-refractivity contribution >= 4 is 6.09 Å². The highest BCUT2D eigenvalue weighted by Crippen LogP contribution is 2.15. The first-order chi connectivity index (χ1) is 7.69. The molecule has 0 aliphatic heterocycles. The number of hydrogen-bond acceptors (Lipinski definition) is 3. The molecule has 1 aromatic rings. The Balaban J connectivity index is 2.75. The van der Waals surface area contributed by atoms with Crippen molar-refractivity contribution in [3.63, 3.8) is 0 Å². The van der Waals surface area contributed by atoms with Gasteiger partial charge in [-0.1, -0.05) is 18.2 Å². The first kappa shape index (κ1) is 12.4. The molecule has 1 unspecified atom stereocenters. The van der Waals surface area contributed by atoms with E-state index in [4.69, 9.17) is 10.5 Å². The van der Waals surface area contributed by atoms with Gasteiger partial charge >= 0.3 is 6.09 Å². The molecule has 4 nitrogen and oxygen atoms in total. The zero-order valence-corrected chi connectivity index (χ0v) is 9.07. The molecule has 0 aliphatic carbocycles. The van der Waals surface area contributed by atoms with Gasteiger partial charge in [-0.05, 0) is 13.0 Å². The summed E-state index contributed by atoms with van der Waals surface area (Å²) in [7, 11) is 0. The molecule has 88 valence electrons. The SMILES string of the molecule is CCOC(=O)NC(CN)c1ccccc1F. The number of alkyl carbamates (subject to hydrolysis) is 1. The number of nitrogens with two attached hydrogens (primary N) is 1. The van der Waals surface area contributed by atoms with E-state index < -0.39 is 18.0 Å². The van der Waals surface area contributed by atoms with E-state index in [0.717, 1.165) is 0 Å². The molecule has 1 aromatic carbocycles. The van der Waals surface area contributed by atoms with Crippen LogP contribution in [0, 0.1) is 5.82 Å². The smallest absolute Gasteiger partial charge is 0.407 e. The number of amides is 1. The van der Waals surface area contributed by atoms with Crippen LogP contribution in [0.4, 0.5) is 9.18 Å². The zero-order chi connectivity index (χ0) is 12.0. The van der Waals surface area contributed by atoms with Gasteiger partial charge in [0.05, 0.1) is 12.6 Å². The van der Waals surface area contributed by atoms with Crippen LogP contribution >= 0.6 is 0 Å². The Morgan fingerprint density at radius 1 is 1.56 bits per heavy atom. The second-order valence-electron chi connectivity index (χ2n) is 3.17. The second-order valence-corrected chi connectivity index (χ2v) is 3.17. The minimum absolute atomic E-state index is 0.111. The predicted octanol–water partition coefficient (Wildman–Crippen LogP) is 1.57. The fourth-order valence-corrected chi connectivity index (χ4v) is 1.34. The van der Waals surface area contributed by atoms with Crippen molar-refractivity contribution in [2.45, 2.75) is 13.0 Å². The van der Waals surface area contributed by atoms with Gasteiger partial charge < -0.3 is 15.8 Å². The van der Waals surface area contributed by atoms with E-state index in [0.29, 0.717) is 5.56 Å². The van der Waals surface area contributed by atoms with Crippen LogP contribution < -0.4 is 11.1 Å². The maximum atomic E-state index is 13.4. The third-order valence-electron chi connectivity index (χ3n) is 2.08. The predicted molar refractivity (Wildman–Crippen MR) is 58.4 cm³/mol. The van der Waals surface area contributed by atoms with Gasteiger partial charge in [-0.2, -0.15) is 0 Å². The van der Waals surface area contributed by atoms with Crippen LogP contribution in [0.5, 0.6) is 0 Å². The van der Waals surface area contributed by atoms with E-state index in [1.165, 1.54) is 6.07 Å². The Kier molecular flexibility index (Phi) is 4.72. The number of carbonyl (C=O) groups is 1. The molecule has 5 heteroatoms. The maximum absolute atomic E-state index is 13.4. The average Bonchev–Trinajstić information content (AvgIpc) is 2.27. The summed E-state index contributed by atoms with van der Waals surface area (Å²) in [6, 6.07) is 5.61. The molecule has 1 atom stereocenters. The monoisotopic (exact) mass is 226 g/mol. The molecule has 0 radical (unpaired) electrons. The van der Waals surface area contributed by atoms with E-state index in [2.05, 4.69) is 5.32 Å². The van der Waals surface area contributed by atoms with Crippen LogP contribution in [-0.4, -0.2) is 19.2 Å². The topological polar surface area (TPSA) is 64.3 Å². The molecule has 16 heavy (non-hydrogen) atoms. The van der Waals surface area contributed by atoms with Crippen molar-refractivity contribution in [3.8, 4) is 0 Å². The number of halogens is 1. The summed E-state index contributed by atoms with van der Waals surface area (Å²) in [4.78, 5) is 11.2. The molecule has 0 heterocycles. The molecule has 0 aromatic heterocycles. The van der Waals surface area contributed by atoms with Crippen molar-refractivity contribution in [1.82, 2.24) is 5.32 Å². The third-order valence-corrected chi connectivity index (χ3v) is 2.08. The van der Waals surface area contributed by atoms with Crippen molar-refractivity contribution in [3.05, 3.63) is 35.6 Å². The molecule has 3 N–H and O–H groups in total. The van der Waals surface area contributed by atoms with Gasteiger partial charge in [0, 0.05) is 12.1 Å². The fraction of sp³-hybridized carbons (Fsp3) is 0.364. The van der Waals surface area contributed by atoms with Crippen molar-refractivity contribution < 1.29 is 13.9 Å². The Bertz CT molecular complexity index is 358. The lowest BCUT2D eigenvalue weighted by Gasteiger charge is -2.17. The standard InChI is InChI=1S/C11H15FN2O2/c1-2-16-11(15)14-10(7-13)8-5-3-4-6-9(8)12/h3-6,10H,2,7,13H2,1H3,(H,14,15). The minimum atomic E-state index is -0.596. The summed E-state index contributed by atoms with van der Waals surface area (Å²) >= 11 is 0. The lowest BCUT2D eigenvalue weighted by molar-refractivity contribution is 0.148. The van der Waals surface area contributed by atoms with E-state index in [9.17, 15) is 9.18 Å². The van der Waals surface area contributed by atoms with Gasteiger partial charge in [-0.25, -0.2) is 9.18 Å². The number of ether oxygens (including phenoxy) is 1. The molecule has 0 spiro atoms. The summed E-state index contributed by atoms with van der Waals surface area (Å²) < 4.78 is 18.1. The van der Waals surface area contributed by atoms with E-state index in [1.807, 2.05) is 0 Å². The zero-order valence-electron chi connectivity index (χ0n) is 9.07. The molecule has 0 aliphatic rings. The number of hydrogen-bond donors (Lipinski definition) is 2. The van der Waals surface area contributed by atoms with Gasteiger partial charge in [0.25, 0.3) is 0 Å². The highest BCUT2D eigenvalue weighted by Gasteiger charge is 2.16. The molecular formula is C11H15FN2O2. The molecule has 0 fully saturated rings. The van der Waals surface area contributed by atoms with Crippen LogP contribution in [0.15, 0.2) is 24.3 Å². The average molecular weight is 226 g/mol. The Morgan fingerprint density at radius 2 is 2.25 bits per heavy atom. The van der Waals surface area contributed by atoms with Crippen LogP contribution in [0.1, 0.15) is 18.5 Å². The first-order valence-corrected chi connectivity index (χ1v) is 5.06. The number of carbonyl (C=O) groups excluding carboxylic acids is 1. The highest BCUT2D eigenvalue weighted by atomic mass is 19.1. The summed E-state index contributed by atoms with van der Waals surface area (Å²) in [5.74, 6) is -0.394. The lowest BCUT2D eigenvalue weighted by Crippen LogP contribution is -2.34. The highest BCUT2D eigenvalue weighted by molar-refractivity contribution is 5.67. The van der Waals surface area contributed by atoms with Crippen molar-refractivity contribution in [2.75, 3.05) is 13.2 Å². The number of nitrogens with one attached hydrogen (secondary N) is 1. The second kappa shape index (κ2) is 6.07. The quantitative estimate of drug-likeness (QED) is 0.819. The first-order valence-electron chi connectivity index (χ1n) is 5.06. The molecule has 1 rings (SSSR count). The minimum Gasteiger partial charge on any atom is -0.450 e. The molecular weight excluding hydrogens is 211 g/mol. The lowest BCUT2D eigenvalue weighted by atomic mass is 10.1. The van der Waals surface area contributed by atoms with Crippen LogP contribution in [0.3, 0.4) is 0 Å². The molecule has 1 amide bonds. The van der Waals surface area contributed by atoms with Crippen molar-refractivity contribution in [2.24, 2.45) is 5.73 Å². The number of benzene rings is 1. The van der Waals surface area contributed by atoms with Gasteiger partial charge in [0.1, 0.15) is 5.82 Å². The molecule has 0 saturated carbocycles. The van der Waals surface area contributed by atoms with Crippen molar-refractivity contribution in [1.29, 1.82) is 0 Å². The molecule has 0 saturated heterocycles. The van der Waals surface area contributed by atoms with E-state index in [-0.39, 0.29) is 13.2 Å². The Hall–Kier alpha value is -1.62. The summed E-state index contributed by atoms with van der Waals surface area (Å²) in [5.41, 5.74) is 5.84. The van der Waals surface area contributed by atoms with Crippen LogP contribution in [-0.2, 0) is 4.74 Å². The fourth-order valence-electron chi connectivity index (χ4n) is 1.34.